The lowest BCUT2D eigenvalue weighted by molar-refractivity contribution is 1.19. The van der Waals surface area contributed by atoms with Gasteiger partial charge < -0.3 is 5.32 Å². The molecule has 1 N–H and O–H groups in total. The Morgan fingerprint density at radius 3 is 2.70 bits per heavy atom. The van der Waals surface area contributed by atoms with Crippen molar-refractivity contribution in [1.82, 2.24) is 4.98 Å². The number of thiophene rings is 1. The fourth-order valence-corrected chi connectivity index (χ4v) is 4.20. The van der Waals surface area contributed by atoms with E-state index < -0.39 is 0 Å². The SMILES string of the molecule is Cc1ccc2nc(-c3ccc(NCc4cccs4)cc3)sc2c1. The number of nitrogens with zero attached hydrogens (tertiary/aromatic N) is 1. The number of anilines is 1. The maximum Gasteiger partial charge on any atom is 0.124 e. The lowest BCUT2D eigenvalue weighted by Crippen LogP contribution is -1.96. The minimum absolute atomic E-state index is 0.872. The van der Waals surface area contributed by atoms with Crippen LogP contribution < -0.4 is 5.32 Å². The first-order chi connectivity index (χ1) is 11.3. The van der Waals surface area contributed by atoms with Crippen molar-refractivity contribution in [2.75, 3.05) is 5.32 Å². The molecule has 0 aliphatic rings. The molecule has 0 amide bonds. The lowest BCUT2D eigenvalue weighted by Gasteiger charge is -2.05. The summed E-state index contributed by atoms with van der Waals surface area (Å²) in [6.45, 7) is 2.99. The molecule has 0 unspecified atom stereocenters. The molecule has 4 heteroatoms. The molecule has 0 saturated heterocycles. The van der Waals surface area contributed by atoms with Crippen molar-refractivity contribution in [3.05, 3.63) is 70.4 Å². The normalized spacial score (nSPS) is 11.0. The fourth-order valence-electron chi connectivity index (χ4n) is 2.49. The Hall–Kier alpha value is -2.17. The number of aryl methyl sites for hydroxylation is 1. The van der Waals surface area contributed by atoms with Gasteiger partial charge in [0.15, 0.2) is 0 Å². The first-order valence-electron chi connectivity index (χ1n) is 7.52. The van der Waals surface area contributed by atoms with Gasteiger partial charge in [-0.3, -0.25) is 0 Å². The Morgan fingerprint density at radius 1 is 1.04 bits per heavy atom. The van der Waals surface area contributed by atoms with Crippen LogP contribution in [0.3, 0.4) is 0 Å². The highest BCUT2D eigenvalue weighted by molar-refractivity contribution is 7.21. The number of fused-ring (bicyclic) bond motifs is 1. The number of nitrogens with one attached hydrogen (secondary N) is 1. The third-order valence-corrected chi connectivity index (χ3v) is 5.67. The van der Waals surface area contributed by atoms with E-state index >= 15 is 0 Å². The summed E-state index contributed by atoms with van der Waals surface area (Å²) in [5.41, 5.74) is 4.67. The van der Waals surface area contributed by atoms with Crippen LogP contribution in [0.4, 0.5) is 5.69 Å². The molecule has 0 atom stereocenters. The van der Waals surface area contributed by atoms with Gasteiger partial charge in [-0.15, -0.1) is 22.7 Å². The highest BCUT2D eigenvalue weighted by atomic mass is 32.1. The minimum Gasteiger partial charge on any atom is -0.380 e. The van der Waals surface area contributed by atoms with Crippen molar-refractivity contribution < 1.29 is 0 Å². The van der Waals surface area contributed by atoms with E-state index in [9.17, 15) is 0 Å². The molecule has 0 spiro atoms. The van der Waals surface area contributed by atoms with E-state index in [4.69, 9.17) is 4.98 Å². The summed E-state index contributed by atoms with van der Waals surface area (Å²) >= 11 is 3.53. The number of thiazole rings is 1. The third-order valence-electron chi connectivity index (χ3n) is 3.72. The number of rotatable bonds is 4. The summed E-state index contributed by atoms with van der Waals surface area (Å²) in [5, 5.41) is 6.64. The van der Waals surface area contributed by atoms with Gasteiger partial charge in [-0.1, -0.05) is 12.1 Å². The average Bonchev–Trinajstić information content (AvgIpc) is 3.22. The van der Waals surface area contributed by atoms with Gasteiger partial charge in [-0.2, -0.15) is 0 Å². The van der Waals surface area contributed by atoms with Gasteiger partial charge in [0.1, 0.15) is 5.01 Å². The van der Waals surface area contributed by atoms with Gasteiger partial charge in [-0.05, 0) is 60.3 Å². The zero-order valence-corrected chi connectivity index (χ0v) is 14.4. The molecular formula is C19H16N2S2. The fraction of sp³-hybridized carbons (Fsp3) is 0.105. The number of benzene rings is 2. The number of hydrogen-bond acceptors (Lipinski definition) is 4. The Labute approximate surface area is 143 Å². The quantitative estimate of drug-likeness (QED) is 0.498. The van der Waals surface area contributed by atoms with Crippen LogP contribution in [0.1, 0.15) is 10.4 Å². The zero-order chi connectivity index (χ0) is 15.6. The molecule has 2 aromatic carbocycles. The monoisotopic (exact) mass is 336 g/mol. The summed E-state index contributed by atoms with van der Waals surface area (Å²) in [6.07, 6.45) is 0. The van der Waals surface area contributed by atoms with Crippen LogP contribution in [0.25, 0.3) is 20.8 Å². The molecule has 0 bridgehead atoms. The molecule has 2 aromatic heterocycles. The van der Waals surface area contributed by atoms with Crippen molar-refractivity contribution in [2.24, 2.45) is 0 Å². The van der Waals surface area contributed by atoms with E-state index in [2.05, 4.69) is 72.2 Å². The van der Waals surface area contributed by atoms with Crippen LogP contribution in [0.15, 0.2) is 60.0 Å². The van der Waals surface area contributed by atoms with Gasteiger partial charge in [0.05, 0.1) is 10.2 Å². The largest absolute Gasteiger partial charge is 0.380 e. The van der Waals surface area contributed by atoms with Crippen molar-refractivity contribution >= 4 is 38.6 Å². The minimum atomic E-state index is 0.872. The molecule has 0 radical (unpaired) electrons. The Morgan fingerprint density at radius 2 is 1.91 bits per heavy atom. The maximum atomic E-state index is 4.74. The molecular weight excluding hydrogens is 320 g/mol. The molecule has 114 valence electrons. The molecule has 0 aliphatic carbocycles. The summed E-state index contributed by atoms with van der Waals surface area (Å²) in [6, 6.07) is 19.2. The van der Waals surface area contributed by atoms with E-state index in [-0.39, 0.29) is 0 Å². The Bertz CT molecular complexity index is 922. The third kappa shape index (κ3) is 3.14. The van der Waals surface area contributed by atoms with Crippen LogP contribution >= 0.6 is 22.7 Å². The van der Waals surface area contributed by atoms with Gasteiger partial charge in [0.25, 0.3) is 0 Å². The molecule has 0 fully saturated rings. The first kappa shape index (κ1) is 14.4. The van der Waals surface area contributed by atoms with E-state index in [0.29, 0.717) is 0 Å². The Kier molecular flexibility index (Phi) is 3.85. The van der Waals surface area contributed by atoms with Crippen LogP contribution in [0.5, 0.6) is 0 Å². The highest BCUT2D eigenvalue weighted by Gasteiger charge is 2.06. The summed E-state index contributed by atoms with van der Waals surface area (Å²) in [7, 11) is 0. The van der Waals surface area contributed by atoms with E-state index in [1.54, 1.807) is 22.7 Å². The predicted octanol–water partition coefficient (Wildman–Crippen LogP) is 5.95. The molecule has 0 saturated carbocycles. The maximum absolute atomic E-state index is 4.74. The first-order valence-corrected chi connectivity index (χ1v) is 9.21. The van der Waals surface area contributed by atoms with Crippen LogP contribution in [-0.4, -0.2) is 4.98 Å². The van der Waals surface area contributed by atoms with Crippen molar-refractivity contribution in [3.8, 4) is 10.6 Å². The molecule has 0 aliphatic heterocycles. The molecule has 23 heavy (non-hydrogen) atoms. The van der Waals surface area contributed by atoms with Crippen LogP contribution in [0.2, 0.25) is 0 Å². The molecule has 2 heterocycles. The van der Waals surface area contributed by atoms with Crippen molar-refractivity contribution in [3.63, 3.8) is 0 Å². The topological polar surface area (TPSA) is 24.9 Å². The molecule has 4 aromatic rings. The van der Waals surface area contributed by atoms with E-state index in [1.807, 2.05) is 0 Å². The highest BCUT2D eigenvalue weighted by Crippen LogP contribution is 2.31. The smallest absolute Gasteiger partial charge is 0.124 e. The van der Waals surface area contributed by atoms with E-state index in [1.165, 1.54) is 20.7 Å². The lowest BCUT2D eigenvalue weighted by atomic mass is 10.2. The zero-order valence-electron chi connectivity index (χ0n) is 12.7. The van der Waals surface area contributed by atoms with Crippen molar-refractivity contribution in [1.29, 1.82) is 0 Å². The number of hydrogen-bond donors (Lipinski definition) is 1. The van der Waals surface area contributed by atoms with Crippen LogP contribution in [-0.2, 0) is 6.54 Å². The standard InChI is InChI=1S/C19H16N2S2/c1-13-4-9-17-18(11-13)23-19(21-17)14-5-7-15(8-6-14)20-12-16-3-2-10-22-16/h2-11,20H,12H2,1H3. The number of aromatic nitrogens is 1. The van der Waals surface area contributed by atoms with Gasteiger partial charge in [0.2, 0.25) is 0 Å². The summed E-state index contributed by atoms with van der Waals surface area (Å²) < 4.78 is 1.25. The van der Waals surface area contributed by atoms with Gasteiger partial charge in [-0.25, -0.2) is 4.98 Å². The van der Waals surface area contributed by atoms with Crippen LogP contribution in [0, 0.1) is 6.92 Å². The second-order valence-corrected chi connectivity index (χ2v) is 7.56. The predicted molar refractivity (Wildman–Crippen MR) is 101 cm³/mol. The van der Waals surface area contributed by atoms with Gasteiger partial charge >= 0.3 is 0 Å². The van der Waals surface area contributed by atoms with E-state index in [0.717, 1.165) is 22.8 Å². The average molecular weight is 336 g/mol. The second-order valence-electron chi connectivity index (χ2n) is 5.50. The Balaban J connectivity index is 1.54. The molecule has 2 nitrogen and oxygen atoms in total. The summed E-state index contributed by atoms with van der Waals surface area (Å²) in [4.78, 5) is 6.08. The molecule has 4 rings (SSSR count). The van der Waals surface area contributed by atoms with Gasteiger partial charge in [0, 0.05) is 22.7 Å². The summed E-state index contributed by atoms with van der Waals surface area (Å²) in [5.74, 6) is 0. The van der Waals surface area contributed by atoms with Crippen molar-refractivity contribution in [2.45, 2.75) is 13.5 Å². The second kappa shape index (κ2) is 6.14.